The Morgan fingerprint density at radius 3 is 2.03 bits per heavy atom. The van der Waals surface area contributed by atoms with E-state index in [4.69, 9.17) is 0 Å². The fourth-order valence-corrected chi connectivity index (χ4v) is 6.59. The van der Waals surface area contributed by atoms with Crippen LogP contribution in [0.15, 0.2) is 59.5 Å². The molecule has 3 aromatic carbocycles. The van der Waals surface area contributed by atoms with Crippen LogP contribution >= 0.6 is 0 Å². The van der Waals surface area contributed by atoms with Gasteiger partial charge in [-0.2, -0.15) is 0 Å². The molecule has 1 aliphatic heterocycles. The Bertz CT molecular complexity index is 1400. The summed E-state index contributed by atoms with van der Waals surface area (Å²) in [5, 5.41) is 42.9. The highest BCUT2D eigenvalue weighted by atomic mass is 32.2. The Balaban J connectivity index is 1.45. The third-order valence-corrected chi connectivity index (χ3v) is 8.51. The lowest BCUT2D eigenvalue weighted by atomic mass is 9.81. The Morgan fingerprint density at radius 2 is 1.42 bits per heavy atom. The van der Waals surface area contributed by atoms with Gasteiger partial charge in [-0.1, -0.05) is 38.1 Å². The summed E-state index contributed by atoms with van der Waals surface area (Å²) in [6.07, 6.45) is -1.34. The summed E-state index contributed by atoms with van der Waals surface area (Å²) >= 11 is 0. The van der Waals surface area contributed by atoms with Gasteiger partial charge < -0.3 is 25.3 Å². The van der Waals surface area contributed by atoms with Crippen LogP contribution in [-0.4, -0.2) is 41.9 Å². The van der Waals surface area contributed by atoms with Crippen molar-refractivity contribution < 1.29 is 28.8 Å². The molecule has 5 rings (SSSR count). The molecule has 1 fully saturated rings. The number of aliphatic hydroxyl groups excluding tert-OH is 2. The summed E-state index contributed by atoms with van der Waals surface area (Å²) < 4.78 is 28.6. The second-order valence-electron chi connectivity index (χ2n) is 10.0. The van der Waals surface area contributed by atoms with Crippen molar-refractivity contribution in [3.05, 3.63) is 76.9 Å². The van der Waals surface area contributed by atoms with E-state index in [0.29, 0.717) is 23.0 Å². The molecule has 4 unspecified atom stereocenters. The van der Waals surface area contributed by atoms with Gasteiger partial charge in [-0.25, -0.2) is 8.42 Å². The molecule has 1 aliphatic carbocycles. The van der Waals surface area contributed by atoms with Crippen LogP contribution in [0.2, 0.25) is 0 Å². The Hall–Kier alpha value is -3.27. The zero-order valence-electron chi connectivity index (χ0n) is 20.1. The van der Waals surface area contributed by atoms with Crippen molar-refractivity contribution in [2.45, 2.75) is 37.4 Å². The second-order valence-corrected chi connectivity index (χ2v) is 11.7. The largest absolute Gasteiger partial charge is 0.504 e. The van der Waals surface area contributed by atoms with Crippen molar-refractivity contribution in [3.8, 4) is 11.5 Å². The van der Waals surface area contributed by atoms with Crippen LogP contribution in [0.4, 0.5) is 11.4 Å². The van der Waals surface area contributed by atoms with Crippen molar-refractivity contribution >= 4 is 21.4 Å². The predicted molar refractivity (Wildman–Crippen MR) is 137 cm³/mol. The molecule has 1 heterocycles. The van der Waals surface area contributed by atoms with Crippen molar-refractivity contribution in [2.75, 3.05) is 22.7 Å². The molecule has 190 valence electrons. The fourth-order valence-electron chi connectivity index (χ4n) is 5.53. The lowest BCUT2D eigenvalue weighted by molar-refractivity contribution is 0.169. The first-order chi connectivity index (χ1) is 17.1. The number of phenolic OH excluding ortho intramolecular Hbond substituents is 2. The molecule has 0 saturated carbocycles. The maximum atomic E-state index is 13.1. The summed E-state index contributed by atoms with van der Waals surface area (Å²) in [6.45, 7) is 6.24. The van der Waals surface area contributed by atoms with Gasteiger partial charge in [0.2, 0.25) is 0 Å². The Kier molecular flexibility index (Phi) is 6.10. The molecule has 9 heteroatoms. The molecule has 5 N–H and O–H groups in total. The molecule has 0 aromatic heterocycles. The number of benzene rings is 3. The number of anilines is 2. The van der Waals surface area contributed by atoms with Gasteiger partial charge in [0.1, 0.15) is 12.2 Å². The van der Waals surface area contributed by atoms with Crippen LogP contribution in [0.1, 0.15) is 54.7 Å². The van der Waals surface area contributed by atoms with Gasteiger partial charge in [-0.3, -0.25) is 4.72 Å². The van der Waals surface area contributed by atoms with E-state index in [1.165, 1.54) is 24.6 Å². The van der Waals surface area contributed by atoms with Gasteiger partial charge in [0, 0.05) is 24.3 Å². The lowest BCUT2D eigenvalue weighted by Gasteiger charge is -2.36. The first-order valence-corrected chi connectivity index (χ1v) is 13.5. The molecule has 0 bridgehead atoms. The van der Waals surface area contributed by atoms with Crippen molar-refractivity contribution in [1.29, 1.82) is 0 Å². The summed E-state index contributed by atoms with van der Waals surface area (Å²) in [6, 6.07) is 14.4. The molecule has 0 amide bonds. The first kappa shape index (κ1) is 24.4. The van der Waals surface area contributed by atoms with E-state index in [9.17, 15) is 28.8 Å². The van der Waals surface area contributed by atoms with Crippen molar-refractivity contribution in [3.63, 3.8) is 0 Å². The van der Waals surface area contributed by atoms with Gasteiger partial charge in [0.25, 0.3) is 10.0 Å². The third-order valence-electron chi connectivity index (χ3n) is 7.12. The summed E-state index contributed by atoms with van der Waals surface area (Å²) in [4.78, 5) is 2.24. The minimum Gasteiger partial charge on any atom is -0.504 e. The molecule has 2 aliphatic rings. The molecule has 8 nitrogen and oxygen atoms in total. The molecule has 0 spiro atoms. The van der Waals surface area contributed by atoms with Crippen LogP contribution in [0, 0.1) is 11.8 Å². The minimum absolute atomic E-state index is 0.00750. The fraction of sp³-hybridized carbons (Fsp3) is 0.333. The molecule has 4 atom stereocenters. The van der Waals surface area contributed by atoms with E-state index in [-0.39, 0.29) is 21.7 Å². The summed E-state index contributed by atoms with van der Waals surface area (Å²) in [5.41, 5.74) is 1.54. The van der Waals surface area contributed by atoms with Crippen LogP contribution in [-0.2, 0) is 10.0 Å². The number of nitrogens with zero attached hydrogens (tertiary/aromatic N) is 1. The molecule has 3 aromatic rings. The Morgan fingerprint density at radius 1 is 0.833 bits per heavy atom. The zero-order chi connectivity index (χ0) is 25.8. The smallest absolute Gasteiger partial charge is 0.262 e. The van der Waals surface area contributed by atoms with Crippen LogP contribution < -0.4 is 9.62 Å². The van der Waals surface area contributed by atoms with E-state index < -0.39 is 33.7 Å². The number of sulfonamides is 1. The minimum atomic E-state index is -4.12. The monoisotopic (exact) mass is 510 g/mol. The number of fused-ring (bicyclic) bond motifs is 2. The number of nitrogens with one attached hydrogen (secondary N) is 1. The number of rotatable bonds is 4. The van der Waals surface area contributed by atoms with E-state index in [1.807, 2.05) is 0 Å². The highest BCUT2D eigenvalue weighted by molar-refractivity contribution is 7.92. The first-order valence-electron chi connectivity index (χ1n) is 12.0. The van der Waals surface area contributed by atoms with E-state index >= 15 is 0 Å². The average Bonchev–Trinajstić information content (AvgIpc) is 2.84. The van der Waals surface area contributed by atoms with Crippen LogP contribution in [0.3, 0.4) is 0 Å². The summed E-state index contributed by atoms with van der Waals surface area (Å²) in [5.74, 6) is -0.301. The highest BCUT2D eigenvalue weighted by Crippen LogP contribution is 2.50. The molecule has 1 saturated heterocycles. The molecule has 36 heavy (non-hydrogen) atoms. The second kappa shape index (κ2) is 8.99. The van der Waals surface area contributed by atoms with Crippen molar-refractivity contribution in [2.24, 2.45) is 11.8 Å². The normalized spacial score (nSPS) is 23.6. The number of phenols is 2. The van der Waals surface area contributed by atoms with E-state index in [0.717, 1.165) is 18.8 Å². The number of hydrogen-bond acceptors (Lipinski definition) is 7. The highest BCUT2D eigenvalue weighted by Gasteiger charge is 2.35. The van der Waals surface area contributed by atoms with Crippen molar-refractivity contribution in [1.82, 2.24) is 0 Å². The van der Waals surface area contributed by atoms with Crippen LogP contribution in [0.5, 0.6) is 11.5 Å². The SMILES string of the molecule is CC1CC(C)CN(c2ccc(S(=O)(=O)Nc3cc4c(c(O)c3O)C(O)c3ccccc3C4O)cc2)C1. The quantitative estimate of drug-likeness (QED) is 0.337. The molecular weight excluding hydrogens is 480 g/mol. The maximum Gasteiger partial charge on any atom is 0.262 e. The van der Waals surface area contributed by atoms with E-state index in [2.05, 4.69) is 23.5 Å². The number of piperidine rings is 1. The Labute approximate surface area is 210 Å². The number of hydrogen-bond donors (Lipinski definition) is 5. The number of aromatic hydroxyl groups is 2. The van der Waals surface area contributed by atoms with E-state index in [1.54, 1.807) is 36.4 Å². The lowest BCUT2D eigenvalue weighted by Crippen LogP contribution is -2.38. The predicted octanol–water partition coefficient (Wildman–Crippen LogP) is 3.86. The molecule has 0 radical (unpaired) electrons. The molecular formula is C27H30N2O6S. The van der Waals surface area contributed by atoms with Gasteiger partial charge in [-0.15, -0.1) is 0 Å². The van der Waals surface area contributed by atoms with Gasteiger partial charge >= 0.3 is 0 Å². The van der Waals surface area contributed by atoms with Crippen LogP contribution in [0.25, 0.3) is 0 Å². The maximum absolute atomic E-state index is 13.1. The average molecular weight is 511 g/mol. The topological polar surface area (TPSA) is 130 Å². The van der Waals surface area contributed by atoms with Gasteiger partial charge in [-0.05, 0) is 65.3 Å². The van der Waals surface area contributed by atoms with Gasteiger partial charge in [0.15, 0.2) is 11.5 Å². The third kappa shape index (κ3) is 4.17. The number of aliphatic hydroxyl groups is 2. The zero-order valence-corrected chi connectivity index (χ0v) is 20.9. The standard InChI is InChI=1S/C27H30N2O6S/c1-15-11-16(2)14-29(13-15)17-7-9-18(10-8-17)36(34,35)28-22-12-21-23(27(33)26(22)32)25(31)20-6-4-3-5-19(20)24(21)30/h3-10,12,15-16,24-25,28,30-33H,11,13-14H2,1-2H3. The van der Waals surface area contributed by atoms with Gasteiger partial charge in [0.05, 0.1) is 10.6 Å². The summed E-state index contributed by atoms with van der Waals surface area (Å²) in [7, 11) is -4.12.